The van der Waals surface area contributed by atoms with E-state index in [9.17, 15) is 4.79 Å². The molecule has 0 bridgehead atoms. The van der Waals surface area contributed by atoms with Gasteiger partial charge in [-0.05, 0) is 6.07 Å². The number of ether oxygens (including phenoxy) is 1. The number of carbonyl (C=O) groups is 1. The second-order valence-corrected chi connectivity index (χ2v) is 2.86. The van der Waals surface area contributed by atoms with Crippen molar-refractivity contribution < 1.29 is 9.53 Å². The number of nitrogens with zero attached hydrogens (tertiary/aromatic N) is 4. The maximum atomic E-state index is 11.3. The minimum absolute atomic E-state index is 0.178. The van der Waals surface area contributed by atoms with E-state index in [2.05, 4.69) is 20.0 Å². The first-order valence-electron chi connectivity index (χ1n) is 3.67. The Morgan fingerprint density at radius 1 is 1.64 bits per heavy atom. The number of carbonyl (C=O) groups excluding carboxylic acids is 1. The van der Waals surface area contributed by atoms with Gasteiger partial charge in [0.25, 0.3) is 0 Å². The van der Waals surface area contributed by atoms with Crippen molar-refractivity contribution in [2.75, 3.05) is 7.11 Å². The second kappa shape index (κ2) is 3.22. The van der Waals surface area contributed by atoms with Gasteiger partial charge in [-0.2, -0.15) is 9.61 Å². The summed E-state index contributed by atoms with van der Waals surface area (Å²) in [5.74, 6) is -0.521. The summed E-state index contributed by atoms with van der Waals surface area (Å²) in [4.78, 5) is 11.3. The number of fused-ring (bicyclic) bond motifs is 1. The van der Waals surface area contributed by atoms with Crippen LogP contribution in [0.5, 0.6) is 0 Å². The fraction of sp³-hybridized carbons (Fsp3) is 0.143. The number of hydrogen-bond donors (Lipinski definition) is 0. The monoisotopic (exact) mass is 212 g/mol. The molecule has 0 aliphatic rings. The SMILES string of the molecule is COC(=O)c1cc(Cl)nn2cnnc12. The van der Waals surface area contributed by atoms with E-state index in [1.807, 2.05) is 0 Å². The van der Waals surface area contributed by atoms with Crippen LogP contribution in [0.2, 0.25) is 5.15 Å². The summed E-state index contributed by atoms with van der Waals surface area (Å²) < 4.78 is 5.88. The van der Waals surface area contributed by atoms with Crippen LogP contribution in [0.25, 0.3) is 5.65 Å². The zero-order valence-corrected chi connectivity index (χ0v) is 7.89. The molecule has 72 valence electrons. The van der Waals surface area contributed by atoms with Gasteiger partial charge in [0.1, 0.15) is 11.9 Å². The zero-order valence-electron chi connectivity index (χ0n) is 7.14. The maximum Gasteiger partial charge on any atom is 0.341 e. The average molecular weight is 213 g/mol. The van der Waals surface area contributed by atoms with Crippen LogP contribution in [0, 0.1) is 0 Å². The summed E-state index contributed by atoms with van der Waals surface area (Å²) in [5.41, 5.74) is 0.561. The van der Waals surface area contributed by atoms with E-state index in [1.54, 1.807) is 0 Å². The molecule has 0 aromatic carbocycles. The Balaban J connectivity index is 2.72. The van der Waals surface area contributed by atoms with Crippen molar-refractivity contribution in [1.82, 2.24) is 19.8 Å². The Morgan fingerprint density at radius 2 is 2.43 bits per heavy atom. The Hall–Kier alpha value is -1.69. The molecule has 0 amide bonds. The number of esters is 1. The molecule has 2 rings (SSSR count). The second-order valence-electron chi connectivity index (χ2n) is 2.47. The van der Waals surface area contributed by atoms with Crippen LogP contribution in [0.1, 0.15) is 10.4 Å². The minimum Gasteiger partial charge on any atom is -0.465 e. The van der Waals surface area contributed by atoms with E-state index in [1.165, 1.54) is 24.0 Å². The first kappa shape index (κ1) is 8.89. The van der Waals surface area contributed by atoms with Crippen LogP contribution >= 0.6 is 11.6 Å². The summed E-state index contributed by atoms with van der Waals surface area (Å²) in [6.45, 7) is 0. The van der Waals surface area contributed by atoms with Crippen molar-refractivity contribution >= 4 is 23.2 Å². The summed E-state index contributed by atoms with van der Waals surface area (Å²) in [7, 11) is 1.28. The minimum atomic E-state index is -0.521. The lowest BCUT2D eigenvalue weighted by Crippen LogP contribution is -2.06. The number of rotatable bonds is 1. The van der Waals surface area contributed by atoms with E-state index >= 15 is 0 Å². The smallest absolute Gasteiger partial charge is 0.341 e. The van der Waals surface area contributed by atoms with Gasteiger partial charge in [-0.15, -0.1) is 10.2 Å². The molecule has 2 aromatic rings. The fourth-order valence-electron chi connectivity index (χ4n) is 1.06. The van der Waals surface area contributed by atoms with Crippen molar-refractivity contribution in [3.8, 4) is 0 Å². The summed E-state index contributed by atoms with van der Waals surface area (Å²) in [5, 5.41) is 11.4. The molecule has 0 spiro atoms. The highest BCUT2D eigenvalue weighted by molar-refractivity contribution is 6.29. The summed E-state index contributed by atoms with van der Waals surface area (Å²) in [6, 6.07) is 1.39. The Morgan fingerprint density at radius 3 is 3.14 bits per heavy atom. The molecule has 0 aliphatic carbocycles. The molecular weight excluding hydrogens is 208 g/mol. The molecule has 0 radical (unpaired) electrons. The highest BCUT2D eigenvalue weighted by Crippen LogP contribution is 2.13. The molecule has 0 aliphatic heterocycles. The van der Waals surface area contributed by atoms with Gasteiger partial charge < -0.3 is 4.74 Å². The molecule has 14 heavy (non-hydrogen) atoms. The number of hydrogen-bond acceptors (Lipinski definition) is 5. The molecule has 0 fully saturated rings. The zero-order chi connectivity index (χ0) is 10.1. The Labute approximate surface area is 83.5 Å². The van der Waals surface area contributed by atoms with Crippen LogP contribution in [0.4, 0.5) is 0 Å². The highest BCUT2D eigenvalue weighted by atomic mass is 35.5. The predicted octanol–water partition coefficient (Wildman–Crippen LogP) is 0.564. The van der Waals surface area contributed by atoms with Gasteiger partial charge in [0, 0.05) is 0 Å². The number of aromatic nitrogens is 4. The normalized spacial score (nSPS) is 10.4. The first-order chi connectivity index (χ1) is 6.72. The van der Waals surface area contributed by atoms with Gasteiger partial charge in [0.15, 0.2) is 10.8 Å². The molecule has 0 atom stereocenters. The van der Waals surface area contributed by atoms with Gasteiger partial charge in [0.05, 0.1) is 7.11 Å². The van der Waals surface area contributed by atoms with Crippen molar-refractivity contribution in [3.63, 3.8) is 0 Å². The van der Waals surface area contributed by atoms with E-state index in [-0.39, 0.29) is 10.7 Å². The lowest BCUT2D eigenvalue weighted by Gasteiger charge is -2.00. The predicted molar refractivity (Wildman–Crippen MR) is 47.1 cm³/mol. The molecule has 6 nitrogen and oxygen atoms in total. The molecule has 0 unspecified atom stereocenters. The van der Waals surface area contributed by atoms with Crippen LogP contribution in [-0.4, -0.2) is 32.9 Å². The molecule has 0 saturated heterocycles. The molecule has 7 heteroatoms. The van der Waals surface area contributed by atoms with Crippen molar-refractivity contribution in [2.24, 2.45) is 0 Å². The van der Waals surface area contributed by atoms with Crippen molar-refractivity contribution in [1.29, 1.82) is 0 Å². The third kappa shape index (κ3) is 1.29. The molecular formula is C7H5ClN4O2. The third-order valence-electron chi connectivity index (χ3n) is 1.64. The van der Waals surface area contributed by atoms with Gasteiger partial charge in [-0.3, -0.25) is 0 Å². The lowest BCUT2D eigenvalue weighted by atomic mass is 10.3. The van der Waals surface area contributed by atoms with E-state index in [4.69, 9.17) is 11.6 Å². The highest BCUT2D eigenvalue weighted by Gasteiger charge is 2.14. The topological polar surface area (TPSA) is 69.4 Å². The average Bonchev–Trinajstić information content (AvgIpc) is 2.62. The summed E-state index contributed by atoms with van der Waals surface area (Å²) >= 11 is 5.69. The summed E-state index contributed by atoms with van der Waals surface area (Å²) in [6.07, 6.45) is 1.35. The third-order valence-corrected chi connectivity index (χ3v) is 1.83. The molecule has 0 saturated carbocycles. The number of methoxy groups -OCH3 is 1. The van der Waals surface area contributed by atoms with Gasteiger partial charge in [-0.25, -0.2) is 4.79 Å². The maximum absolute atomic E-state index is 11.3. The van der Waals surface area contributed by atoms with Crippen LogP contribution < -0.4 is 0 Å². The largest absolute Gasteiger partial charge is 0.465 e. The van der Waals surface area contributed by atoms with E-state index < -0.39 is 5.97 Å². The van der Waals surface area contributed by atoms with E-state index in [0.29, 0.717) is 5.65 Å². The lowest BCUT2D eigenvalue weighted by molar-refractivity contribution is 0.0602. The first-order valence-corrected chi connectivity index (χ1v) is 4.05. The number of halogens is 1. The van der Waals surface area contributed by atoms with Gasteiger partial charge in [-0.1, -0.05) is 11.6 Å². The molecule has 0 N–H and O–H groups in total. The molecule has 2 aromatic heterocycles. The van der Waals surface area contributed by atoms with Crippen LogP contribution in [-0.2, 0) is 4.74 Å². The van der Waals surface area contributed by atoms with Crippen molar-refractivity contribution in [2.45, 2.75) is 0 Å². The fourth-order valence-corrected chi connectivity index (χ4v) is 1.25. The van der Waals surface area contributed by atoms with Gasteiger partial charge >= 0.3 is 5.97 Å². The quantitative estimate of drug-likeness (QED) is 0.647. The Kier molecular flexibility index (Phi) is 2.05. The van der Waals surface area contributed by atoms with E-state index in [0.717, 1.165) is 0 Å². The van der Waals surface area contributed by atoms with Crippen LogP contribution in [0.15, 0.2) is 12.4 Å². The Bertz CT molecular complexity index is 495. The van der Waals surface area contributed by atoms with Crippen molar-refractivity contribution in [3.05, 3.63) is 23.1 Å². The van der Waals surface area contributed by atoms with Crippen LogP contribution in [0.3, 0.4) is 0 Å². The molecule has 2 heterocycles. The standard InChI is InChI=1S/C7H5ClN4O2/c1-14-7(13)4-2-5(8)11-12-3-9-10-6(4)12/h2-3H,1H3. The van der Waals surface area contributed by atoms with Gasteiger partial charge in [0.2, 0.25) is 0 Å².